The van der Waals surface area contributed by atoms with Crippen LogP contribution >= 0.6 is 0 Å². The van der Waals surface area contributed by atoms with E-state index in [2.05, 4.69) is 5.32 Å². The van der Waals surface area contributed by atoms with Gasteiger partial charge in [-0.15, -0.1) is 0 Å². The Labute approximate surface area is 109 Å². The molecule has 5 heteroatoms. The third kappa shape index (κ3) is 3.89. The summed E-state index contributed by atoms with van der Waals surface area (Å²) in [5.74, 6) is -1.01. The lowest BCUT2D eigenvalue weighted by atomic mass is 9.99. The van der Waals surface area contributed by atoms with Crippen LogP contribution in [0.15, 0.2) is 0 Å². The van der Waals surface area contributed by atoms with Gasteiger partial charge in [-0.1, -0.05) is 27.2 Å². The Kier molecular flexibility index (Phi) is 5.44. The first-order chi connectivity index (χ1) is 8.51. The number of nitrogens with one attached hydrogen (secondary N) is 1. The van der Waals surface area contributed by atoms with Crippen LogP contribution in [-0.2, 0) is 4.79 Å². The van der Waals surface area contributed by atoms with E-state index in [9.17, 15) is 9.59 Å². The predicted octanol–water partition coefficient (Wildman–Crippen LogP) is 2.07. The van der Waals surface area contributed by atoms with Crippen LogP contribution in [-0.4, -0.2) is 40.6 Å². The standard InChI is InChI=1S/C13H24N2O3/c1-4-8-15(10-6-7-10)13(18)14-11(12(16)17)9(3)5-2/h9-11H,4-8H2,1-3H3,(H,14,18)(H,16,17)/t9?,11-/m0/s1. The molecule has 1 aliphatic rings. The van der Waals surface area contributed by atoms with Crippen molar-refractivity contribution in [3.05, 3.63) is 0 Å². The Hall–Kier alpha value is -1.26. The fraction of sp³-hybridized carbons (Fsp3) is 0.846. The molecule has 5 nitrogen and oxygen atoms in total. The molecule has 0 saturated heterocycles. The minimum Gasteiger partial charge on any atom is -0.480 e. The molecule has 1 rings (SSSR count). The Morgan fingerprint density at radius 2 is 2.00 bits per heavy atom. The molecule has 1 unspecified atom stereocenters. The molecule has 0 spiro atoms. The first-order valence-electron chi connectivity index (χ1n) is 6.81. The molecule has 0 aromatic heterocycles. The SMILES string of the molecule is CCCN(C(=O)N[C@H](C(=O)O)C(C)CC)C1CC1. The van der Waals surface area contributed by atoms with Gasteiger partial charge in [0, 0.05) is 12.6 Å². The number of carbonyl (C=O) groups excluding carboxylic acids is 1. The maximum absolute atomic E-state index is 12.1. The van der Waals surface area contributed by atoms with Gasteiger partial charge in [-0.2, -0.15) is 0 Å². The van der Waals surface area contributed by atoms with Crippen molar-refractivity contribution >= 4 is 12.0 Å². The zero-order valence-electron chi connectivity index (χ0n) is 11.5. The summed E-state index contributed by atoms with van der Waals surface area (Å²) in [5.41, 5.74) is 0. The Morgan fingerprint density at radius 1 is 1.39 bits per heavy atom. The van der Waals surface area contributed by atoms with E-state index in [0.717, 1.165) is 25.7 Å². The molecule has 2 N–H and O–H groups in total. The van der Waals surface area contributed by atoms with Crippen molar-refractivity contribution in [3.63, 3.8) is 0 Å². The van der Waals surface area contributed by atoms with Crippen LogP contribution in [0.2, 0.25) is 0 Å². The van der Waals surface area contributed by atoms with Crippen LogP contribution in [0.3, 0.4) is 0 Å². The van der Waals surface area contributed by atoms with Crippen molar-refractivity contribution < 1.29 is 14.7 Å². The average Bonchev–Trinajstić information content (AvgIpc) is 3.15. The first-order valence-corrected chi connectivity index (χ1v) is 6.81. The molecule has 0 heterocycles. The monoisotopic (exact) mass is 256 g/mol. The summed E-state index contributed by atoms with van der Waals surface area (Å²) in [6.07, 6.45) is 3.70. The Morgan fingerprint density at radius 3 is 2.39 bits per heavy atom. The zero-order valence-corrected chi connectivity index (χ0v) is 11.5. The van der Waals surface area contributed by atoms with Crippen molar-refractivity contribution in [1.29, 1.82) is 0 Å². The third-order valence-corrected chi connectivity index (χ3v) is 3.47. The fourth-order valence-electron chi connectivity index (χ4n) is 1.98. The highest BCUT2D eigenvalue weighted by atomic mass is 16.4. The molecule has 0 aliphatic heterocycles. The summed E-state index contributed by atoms with van der Waals surface area (Å²) in [6, 6.07) is -0.705. The van der Waals surface area contributed by atoms with Crippen molar-refractivity contribution in [2.75, 3.05) is 6.54 Å². The van der Waals surface area contributed by atoms with Gasteiger partial charge in [-0.25, -0.2) is 9.59 Å². The van der Waals surface area contributed by atoms with E-state index in [-0.39, 0.29) is 11.9 Å². The van der Waals surface area contributed by atoms with Crippen molar-refractivity contribution in [3.8, 4) is 0 Å². The van der Waals surface area contributed by atoms with E-state index in [4.69, 9.17) is 5.11 Å². The van der Waals surface area contributed by atoms with Gasteiger partial charge in [-0.3, -0.25) is 0 Å². The van der Waals surface area contributed by atoms with Crippen LogP contribution < -0.4 is 5.32 Å². The summed E-state index contributed by atoms with van der Waals surface area (Å²) in [5, 5.41) is 11.8. The lowest BCUT2D eigenvalue weighted by molar-refractivity contribution is -0.140. The quantitative estimate of drug-likeness (QED) is 0.732. The number of rotatable bonds is 7. The van der Waals surface area contributed by atoms with Gasteiger partial charge in [-0.05, 0) is 25.2 Å². The normalized spacial score (nSPS) is 17.9. The summed E-state index contributed by atoms with van der Waals surface area (Å²) in [6.45, 7) is 6.49. The summed E-state index contributed by atoms with van der Waals surface area (Å²) in [7, 11) is 0. The topological polar surface area (TPSA) is 69.6 Å². The van der Waals surface area contributed by atoms with Crippen LogP contribution in [0.1, 0.15) is 46.5 Å². The van der Waals surface area contributed by atoms with Gasteiger partial charge < -0.3 is 15.3 Å². The number of amides is 2. The van der Waals surface area contributed by atoms with Crippen molar-refractivity contribution in [1.82, 2.24) is 10.2 Å². The second-order valence-electron chi connectivity index (χ2n) is 5.08. The van der Waals surface area contributed by atoms with Gasteiger partial charge in [0.2, 0.25) is 0 Å². The molecular formula is C13H24N2O3. The van der Waals surface area contributed by atoms with Gasteiger partial charge in [0.25, 0.3) is 0 Å². The molecular weight excluding hydrogens is 232 g/mol. The van der Waals surface area contributed by atoms with Crippen LogP contribution in [0.25, 0.3) is 0 Å². The lowest BCUT2D eigenvalue weighted by Crippen LogP contribution is -2.51. The minimum atomic E-state index is -0.954. The predicted molar refractivity (Wildman–Crippen MR) is 69.4 cm³/mol. The number of carboxylic acid groups (broad SMARTS) is 1. The highest BCUT2D eigenvalue weighted by Crippen LogP contribution is 2.27. The summed E-state index contributed by atoms with van der Waals surface area (Å²) >= 11 is 0. The number of carbonyl (C=O) groups is 2. The smallest absolute Gasteiger partial charge is 0.326 e. The largest absolute Gasteiger partial charge is 0.480 e. The zero-order chi connectivity index (χ0) is 13.7. The molecule has 18 heavy (non-hydrogen) atoms. The summed E-state index contributed by atoms with van der Waals surface area (Å²) in [4.78, 5) is 25.0. The molecule has 0 aromatic rings. The molecule has 2 atom stereocenters. The average molecular weight is 256 g/mol. The molecule has 0 radical (unpaired) electrons. The number of hydrogen-bond donors (Lipinski definition) is 2. The molecule has 1 aliphatic carbocycles. The van der Waals surface area contributed by atoms with E-state index in [1.54, 1.807) is 4.90 Å². The number of nitrogens with zero attached hydrogens (tertiary/aromatic N) is 1. The van der Waals surface area contributed by atoms with E-state index in [1.165, 1.54) is 0 Å². The molecule has 0 bridgehead atoms. The maximum atomic E-state index is 12.1. The highest BCUT2D eigenvalue weighted by molar-refractivity contribution is 5.83. The van der Waals surface area contributed by atoms with Gasteiger partial charge in [0.05, 0.1) is 0 Å². The number of carboxylic acids is 1. The maximum Gasteiger partial charge on any atom is 0.326 e. The van der Waals surface area contributed by atoms with Gasteiger partial charge >= 0.3 is 12.0 Å². The first kappa shape index (κ1) is 14.8. The Balaban J connectivity index is 2.61. The van der Waals surface area contributed by atoms with Gasteiger partial charge in [0.15, 0.2) is 0 Å². The minimum absolute atomic E-state index is 0.0610. The fourth-order valence-corrected chi connectivity index (χ4v) is 1.98. The number of hydrogen-bond acceptors (Lipinski definition) is 2. The summed E-state index contributed by atoms with van der Waals surface area (Å²) < 4.78 is 0. The molecule has 1 fully saturated rings. The van der Waals surface area contributed by atoms with Crippen molar-refractivity contribution in [2.45, 2.75) is 58.5 Å². The van der Waals surface area contributed by atoms with Gasteiger partial charge in [0.1, 0.15) is 6.04 Å². The molecule has 104 valence electrons. The molecule has 2 amide bonds. The third-order valence-electron chi connectivity index (χ3n) is 3.47. The van der Waals surface area contributed by atoms with E-state index in [0.29, 0.717) is 12.6 Å². The van der Waals surface area contributed by atoms with Crippen LogP contribution in [0.4, 0.5) is 4.79 Å². The Bertz CT molecular complexity index is 303. The van der Waals surface area contributed by atoms with Crippen LogP contribution in [0.5, 0.6) is 0 Å². The molecule has 0 aromatic carbocycles. The number of urea groups is 1. The van der Waals surface area contributed by atoms with E-state index < -0.39 is 12.0 Å². The van der Waals surface area contributed by atoms with Crippen LogP contribution in [0, 0.1) is 5.92 Å². The molecule has 1 saturated carbocycles. The lowest BCUT2D eigenvalue weighted by Gasteiger charge is -2.26. The van der Waals surface area contributed by atoms with E-state index in [1.807, 2.05) is 20.8 Å². The second kappa shape index (κ2) is 6.61. The van der Waals surface area contributed by atoms with E-state index >= 15 is 0 Å². The van der Waals surface area contributed by atoms with Crippen molar-refractivity contribution in [2.24, 2.45) is 5.92 Å². The second-order valence-corrected chi connectivity index (χ2v) is 5.08. The highest BCUT2D eigenvalue weighted by Gasteiger charge is 2.34. The number of aliphatic carboxylic acids is 1.